The Labute approximate surface area is 137 Å². The predicted octanol–water partition coefficient (Wildman–Crippen LogP) is 1.15. The highest BCUT2D eigenvalue weighted by atomic mass is 16.6. The standard InChI is InChI=1S/C16H28N2O5/c1-14(2,3)23-13(21)18-8-5-6-15(10-18,12(19)20)16(22)7-9-17(4)11-16/h22H,5-11H2,1-4H3,(H,19,20). The molecule has 0 spiro atoms. The lowest BCUT2D eigenvalue weighted by Crippen LogP contribution is -2.63. The summed E-state index contributed by atoms with van der Waals surface area (Å²) >= 11 is 0. The Morgan fingerprint density at radius 3 is 2.26 bits per heavy atom. The second kappa shape index (κ2) is 5.94. The van der Waals surface area contributed by atoms with Gasteiger partial charge in [0, 0.05) is 26.2 Å². The van der Waals surface area contributed by atoms with Crippen LogP contribution < -0.4 is 0 Å². The first-order valence-corrected chi connectivity index (χ1v) is 8.11. The molecule has 2 aliphatic rings. The minimum absolute atomic E-state index is 0.0123. The third kappa shape index (κ3) is 3.45. The molecular formula is C16H28N2O5. The number of carbonyl (C=O) groups excluding carboxylic acids is 1. The van der Waals surface area contributed by atoms with Crippen molar-refractivity contribution >= 4 is 12.1 Å². The van der Waals surface area contributed by atoms with Crippen LogP contribution in [0.3, 0.4) is 0 Å². The molecule has 0 aromatic rings. The van der Waals surface area contributed by atoms with Crippen LogP contribution in [-0.2, 0) is 9.53 Å². The first-order chi connectivity index (χ1) is 10.5. The van der Waals surface area contributed by atoms with E-state index in [1.165, 1.54) is 4.90 Å². The van der Waals surface area contributed by atoms with E-state index >= 15 is 0 Å². The van der Waals surface area contributed by atoms with E-state index in [1.807, 2.05) is 11.9 Å². The molecule has 2 N–H and O–H groups in total. The molecule has 2 aliphatic heterocycles. The largest absolute Gasteiger partial charge is 0.481 e. The van der Waals surface area contributed by atoms with Gasteiger partial charge in [-0.05, 0) is 47.1 Å². The second-order valence-electron chi connectivity index (χ2n) is 7.91. The maximum Gasteiger partial charge on any atom is 0.410 e. The van der Waals surface area contributed by atoms with Gasteiger partial charge in [-0.3, -0.25) is 4.79 Å². The van der Waals surface area contributed by atoms with E-state index in [1.54, 1.807) is 20.8 Å². The normalized spacial score (nSPS) is 32.8. The van der Waals surface area contributed by atoms with Gasteiger partial charge in [-0.25, -0.2) is 4.79 Å². The molecule has 0 aliphatic carbocycles. The smallest absolute Gasteiger partial charge is 0.410 e. The number of piperidine rings is 1. The summed E-state index contributed by atoms with van der Waals surface area (Å²) in [7, 11) is 1.86. The number of carboxylic acid groups (broad SMARTS) is 1. The Morgan fingerprint density at radius 1 is 1.13 bits per heavy atom. The lowest BCUT2D eigenvalue weighted by atomic mass is 9.66. The van der Waals surface area contributed by atoms with Crippen molar-refractivity contribution in [2.45, 2.75) is 51.2 Å². The van der Waals surface area contributed by atoms with Gasteiger partial charge in [0.25, 0.3) is 0 Å². The fourth-order valence-electron chi connectivity index (χ4n) is 3.66. The molecule has 0 bridgehead atoms. The fourth-order valence-corrected chi connectivity index (χ4v) is 3.66. The van der Waals surface area contributed by atoms with Gasteiger partial charge in [-0.1, -0.05) is 0 Å². The highest BCUT2D eigenvalue weighted by molar-refractivity contribution is 5.79. The first kappa shape index (κ1) is 18.0. The predicted molar refractivity (Wildman–Crippen MR) is 84.2 cm³/mol. The summed E-state index contributed by atoms with van der Waals surface area (Å²) in [5.41, 5.74) is -3.30. The van der Waals surface area contributed by atoms with E-state index < -0.39 is 28.7 Å². The van der Waals surface area contributed by atoms with Crippen LogP contribution in [-0.4, -0.2) is 76.5 Å². The van der Waals surface area contributed by atoms with Crippen molar-refractivity contribution in [3.05, 3.63) is 0 Å². The van der Waals surface area contributed by atoms with E-state index in [0.29, 0.717) is 38.9 Å². The van der Waals surface area contributed by atoms with Crippen molar-refractivity contribution in [2.24, 2.45) is 5.41 Å². The molecule has 2 atom stereocenters. The van der Waals surface area contributed by atoms with Crippen molar-refractivity contribution < 1.29 is 24.5 Å². The Balaban J connectivity index is 2.24. The zero-order chi connectivity index (χ0) is 17.5. The molecule has 2 fully saturated rings. The van der Waals surface area contributed by atoms with Gasteiger partial charge < -0.3 is 24.7 Å². The van der Waals surface area contributed by atoms with Gasteiger partial charge in [0.15, 0.2) is 0 Å². The summed E-state index contributed by atoms with van der Waals surface area (Å²) in [6.45, 7) is 6.73. The summed E-state index contributed by atoms with van der Waals surface area (Å²) in [5.74, 6) is -1.04. The maximum atomic E-state index is 12.3. The third-order valence-electron chi connectivity index (χ3n) is 4.88. The number of amides is 1. The molecule has 2 saturated heterocycles. The fraction of sp³-hybridized carbons (Fsp3) is 0.875. The molecule has 2 rings (SSSR count). The molecule has 0 aromatic carbocycles. The van der Waals surface area contributed by atoms with Crippen LogP contribution in [0.4, 0.5) is 4.79 Å². The number of carbonyl (C=O) groups is 2. The van der Waals surface area contributed by atoms with Crippen molar-refractivity contribution in [2.75, 3.05) is 33.2 Å². The van der Waals surface area contributed by atoms with Gasteiger partial charge in [0.1, 0.15) is 11.0 Å². The van der Waals surface area contributed by atoms with Crippen molar-refractivity contribution in [1.29, 1.82) is 0 Å². The molecule has 2 heterocycles. The summed E-state index contributed by atoms with van der Waals surface area (Å²) in [4.78, 5) is 27.8. The van der Waals surface area contributed by atoms with Crippen LogP contribution in [0.5, 0.6) is 0 Å². The Bertz CT molecular complexity index is 489. The molecule has 23 heavy (non-hydrogen) atoms. The van der Waals surface area contributed by atoms with E-state index in [4.69, 9.17) is 4.74 Å². The molecule has 7 heteroatoms. The molecule has 0 radical (unpaired) electrons. The molecular weight excluding hydrogens is 300 g/mol. The number of carboxylic acids is 1. The van der Waals surface area contributed by atoms with E-state index in [9.17, 15) is 19.8 Å². The van der Waals surface area contributed by atoms with Crippen LogP contribution in [0.25, 0.3) is 0 Å². The molecule has 2 unspecified atom stereocenters. The SMILES string of the molecule is CN1CCC(O)(C2(C(=O)O)CCCN(C(=O)OC(C)(C)C)C2)C1. The number of hydrogen-bond acceptors (Lipinski definition) is 5. The molecule has 1 amide bonds. The van der Waals surface area contributed by atoms with Crippen LogP contribution >= 0.6 is 0 Å². The molecule has 0 saturated carbocycles. The van der Waals surface area contributed by atoms with Gasteiger partial charge >= 0.3 is 12.1 Å². The average Bonchev–Trinajstić information content (AvgIpc) is 2.78. The number of likely N-dealkylation sites (tertiary alicyclic amines) is 2. The number of aliphatic carboxylic acids is 1. The number of aliphatic hydroxyl groups is 1. The number of likely N-dealkylation sites (N-methyl/N-ethyl adjacent to an activating group) is 1. The highest BCUT2D eigenvalue weighted by Crippen LogP contribution is 2.45. The summed E-state index contributed by atoms with van der Waals surface area (Å²) in [6.07, 6.45) is 0.791. The summed E-state index contributed by atoms with van der Waals surface area (Å²) in [5, 5.41) is 20.9. The minimum Gasteiger partial charge on any atom is -0.481 e. The van der Waals surface area contributed by atoms with Crippen molar-refractivity contribution in [1.82, 2.24) is 9.80 Å². The average molecular weight is 328 g/mol. The quantitative estimate of drug-likeness (QED) is 0.790. The number of nitrogens with zero attached hydrogens (tertiary/aromatic N) is 2. The summed E-state index contributed by atoms with van der Waals surface area (Å²) < 4.78 is 5.37. The highest BCUT2D eigenvalue weighted by Gasteiger charge is 2.60. The lowest BCUT2D eigenvalue weighted by Gasteiger charge is -2.47. The Hall–Kier alpha value is -1.34. The van der Waals surface area contributed by atoms with Gasteiger partial charge in [-0.15, -0.1) is 0 Å². The van der Waals surface area contributed by atoms with Crippen LogP contribution in [0.1, 0.15) is 40.0 Å². The molecule has 0 aromatic heterocycles. The second-order valence-corrected chi connectivity index (χ2v) is 7.91. The van der Waals surface area contributed by atoms with Crippen LogP contribution in [0.2, 0.25) is 0 Å². The van der Waals surface area contributed by atoms with E-state index in [0.717, 1.165) is 0 Å². The van der Waals surface area contributed by atoms with Crippen LogP contribution in [0.15, 0.2) is 0 Å². The van der Waals surface area contributed by atoms with E-state index in [-0.39, 0.29) is 6.54 Å². The monoisotopic (exact) mass is 328 g/mol. The van der Waals surface area contributed by atoms with Crippen molar-refractivity contribution in [3.8, 4) is 0 Å². The minimum atomic E-state index is -1.34. The van der Waals surface area contributed by atoms with Crippen LogP contribution in [0, 0.1) is 5.41 Å². The third-order valence-corrected chi connectivity index (χ3v) is 4.88. The van der Waals surface area contributed by atoms with Gasteiger partial charge in [0.05, 0.1) is 5.60 Å². The zero-order valence-electron chi connectivity index (χ0n) is 14.5. The Kier molecular flexibility index (Phi) is 4.65. The summed E-state index contributed by atoms with van der Waals surface area (Å²) in [6, 6.07) is 0. The first-order valence-electron chi connectivity index (χ1n) is 8.11. The van der Waals surface area contributed by atoms with Gasteiger partial charge in [-0.2, -0.15) is 0 Å². The topological polar surface area (TPSA) is 90.3 Å². The maximum absolute atomic E-state index is 12.3. The van der Waals surface area contributed by atoms with Crippen molar-refractivity contribution in [3.63, 3.8) is 0 Å². The number of rotatable bonds is 2. The number of hydrogen-bond donors (Lipinski definition) is 2. The molecule has 7 nitrogen and oxygen atoms in total. The number of ether oxygens (including phenoxy) is 1. The Morgan fingerprint density at radius 2 is 1.78 bits per heavy atom. The van der Waals surface area contributed by atoms with E-state index in [2.05, 4.69) is 0 Å². The lowest BCUT2D eigenvalue weighted by molar-refractivity contribution is -0.175. The molecule has 132 valence electrons. The zero-order valence-corrected chi connectivity index (χ0v) is 14.5. The van der Waals surface area contributed by atoms with Gasteiger partial charge in [0.2, 0.25) is 0 Å². The number of β-amino-alcohol motifs (C(OH)–C–C–N with tert-alkyl or cyclic N) is 1.